The van der Waals surface area contributed by atoms with Gasteiger partial charge < -0.3 is 37.5 Å². The van der Waals surface area contributed by atoms with Gasteiger partial charge in [-0.15, -0.1) is 0 Å². The van der Waals surface area contributed by atoms with Gasteiger partial charge in [0.15, 0.2) is 0 Å². The molecule has 9 N–H and O–H groups in total. The summed E-state index contributed by atoms with van der Waals surface area (Å²) in [4.78, 5) is 55.6. The zero-order valence-electron chi connectivity index (χ0n) is 24.8. The van der Waals surface area contributed by atoms with Gasteiger partial charge in [0.25, 0.3) is 0 Å². The van der Waals surface area contributed by atoms with Gasteiger partial charge in [-0.05, 0) is 42.5 Å². The van der Waals surface area contributed by atoms with E-state index in [2.05, 4.69) is 20.9 Å². The van der Waals surface area contributed by atoms with Crippen LogP contribution in [0.15, 0.2) is 60.8 Å². The summed E-state index contributed by atoms with van der Waals surface area (Å²) in [7, 11) is 0. The minimum atomic E-state index is -1.15. The molecule has 0 spiro atoms. The third kappa shape index (κ3) is 9.65. The Morgan fingerprint density at radius 3 is 2.16 bits per heavy atom. The van der Waals surface area contributed by atoms with E-state index in [4.69, 9.17) is 11.5 Å². The molecule has 5 unspecified atom stereocenters. The molecule has 0 aliphatic rings. The summed E-state index contributed by atoms with van der Waals surface area (Å²) in [5, 5.41) is 18.9. The molecule has 232 valence electrons. The Balaban J connectivity index is 1.88. The van der Waals surface area contributed by atoms with Crippen LogP contribution in [0.5, 0.6) is 0 Å². The fraction of sp³-hybridized carbons (Fsp3) is 0.438. The van der Waals surface area contributed by atoms with Gasteiger partial charge in [0.1, 0.15) is 18.1 Å². The van der Waals surface area contributed by atoms with Crippen molar-refractivity contribution in [3.63, 3.8) is 0 Å². The number of hydrogen-bond acceptors (Lipinski definition) is 6. The minimum Gasteiger partial charge on any atom is -0.480 e. The summed E-state index contributed by atoms with van der Waals surface area (Å²) in [6.45, 7) is 4.08. The number of benzene rings is 2. The third-order valence-corrected chi connectivity index (χ3v) is 7.73. The van der Waals surface area contributed by atoms with Crippen molar-refractivity contribution in [3.05, 3.63) is 71.9 Å². The Hall–Kier alpha value is -4.22. The van der Waals surface area contributed by atoms with E-state index < -0.39 is 47.9 Å². The Morgan fingerprint density at radius 1 is 0.860 bits per heavy atom. The van der Waals surface area contributed by atoms with Crippen LogP contribution in [0.2, 0.25) is 0 Å². The van der Waals surface area contributed by atoms with Crippen molar-refractivity contribution < 1.29 is 24.3 Å². The number of nitrogens with one attached hydrogen (secondary N) is 4. The Bertz CT molecular complexity index is 1360. The summed E-state index contributed by atoms with van der Waals surface area (Å²) >= 11 is 0. The van der Waals surface area contributed by atoms with E-state index in [1.54, 1.807) is 13.1 Å². The fourth-order valence-electron chi connectivity index (χ4n) is 4.92. The van der Waals surface area contributed by atoms with E-state index in [1.165, 1.54) is 0 Å². The fourth-order valence-corrected chi connectivity index (χ4v) is 4.92. The lowest BCUT2D eigenvalue weighted by atomic mass is 9.97. The van der Waals surface area contributed by atoms with Crippen molar-refractivity contribution >= 4 is 34.6 Å². The van der Waals surface area contributed by atoms with Gasteiger partial charge in [-0.1, -0.05) is 75.2 Å². The molecule has 0 aliphatic heterocycles. The maximum Gasteiger partial charge on any atom is 0.326 e. The highest BCUT2D eigenvalue weighted by molar-refractivity contribution is 5.95. The number of carboxylic acid groups (broad SMARTS) is 1. The molecule has 2 aromatic carbocycles. The summed E-state index contributed by atoms with van der Waals surface area (Å²) < 4.78 is 0. The molecule has 3 rings (SSSR count). The second kappa shape index (κ2) is 16.4. The average molecular weight is 593 g/mol. The molecule has 5 atom stereocenters. The number of unbranched alkanes of at least 4 members (excludes halogenated alkanes) is 1. The number of carbonyl (C=O) groups is 4. The summed E-state index contributed by atoms with van der Waals surface area (Å²) in [6, 6.07) is 12.6. The maximum atomic E-state index is 13.8. The van der Waals surface area contributed by atoms with Gasteiger partial charge in [0.05, 0.1) is 6.04 Å². The van der Waals surface area contributed by atoms with E-state index in [0.29, 0.717) is 25.8 Å². The standard InChI is InChI=1S/C32H44N6O5/c1-3-20(2)28(32(42)43)38-31(41)26(17-21-11-5-4-6-12-21)37-30(40)27(36-29(39)24(34)14-9-10-16-33)18-22-19-35-25-15-8-7-13-23(22)25/h4-8,11-13,15,19-20,24,26-28,35H,3,9-10,14,16-18,33-34H2,1-2H3,(H,36,39)(H,37,40)(H,38,41)(H,42,43). The van der Waals surface area contributed by atoms with Crippen LogP contribution in [-0.4, -0.2) is 64.5 Å². The first-order valence-corrected chi connectivity index (χ1v) is 14.8. The lowest BCUT2D eigenvalue weighted by Crippen LogP contribution is -2.58. The molecular formula is C32H44N6O5. The normalized spacial score (nSPS) is 14.7. The number of carboxylic acids is 1. The largest absolute Gasteiger partial charge is 0.480 e. The van der Waals surface area contributed by atoms with Gasteiger partial charge >= 0.3 is 5.97 Å². The highest BCUT2D eigenvalue weighted by Gasteiger charge is 2.32. The first-order chi connectivity index (χ1) is 20.6. The van der Waals surface area contributed by atoms with Crippen LogP contribution in [0.3, 0.4) is 0 Å². The van der Waals surface area contributed by atoms with Crippen LogP contribution < -0.4 is 27.4 Å². The monoisotopic (exact) mass is 592 g/mol. The molecule has 0 saturated heterocycles. The molecule has 0 aliphatic carbocycles. The quantitative estimate of drug-likeness (QED) is 0.117. The molecule has 1 heterocycles. The predicted octanol–water partition coefficient (Wildman–Crippen LogP) is 1.99. The summed E-state index contributed by atoms with van der Waals surface area (Å²) in [6.07, 6.45) is 4.40. The molecule has 0 fully saturated rings. The number of rotatable bonds is 17. The molecule has 43 heavy (non-hydrogen) atoms. The van der Waals surface area contributed by atoms with Crippen molar-refractivity contribution in [1.82, 2.24) is 20.9 Å². The molecule has 11 heteroatoms. The first-order valence-electron chi connectivity index (χ1n) is 14.8. The molecular weight excluding hydrogens is 548 g/mol. The number of fused-ring (bicyclic) bond motifs is 1. The smallest absolute Gasteiger partial charge is 0.326 e. The van der Waals surface area contributed by atoms with Crippen molar-refractivity contribution in [2.45, 2.75) is 76.5 Å². The van der Waals surface area contributed by atoms with Gasteiger partial charge in [-0.3, -0.25) is 14.4 Å². The SMILES string of the molecule is CCC(C)C(NC(=O)C(Cc1ccccc1)NC(=O)C(Cc1c[nH]c2ccccc12)NC(=O)C(N)CCCCN)C(=O)O. The second-order valence-electron chi connectivity index (χ2n) is 11.0. The van der Waals surface area contributed by atoms with E-state index in [9.17, 15) is 24.3 Å². The topological polar surface area (TPSA) is 192 Å². The first kappa shape index (κ1) is 33.3. The molecule has 1 aromatic heterocycles. The van der Waals surface area contributed by atoms with Crippen LogP contribution in [0.1, 0.15) is 50.7 Å². The Labute approximate surface area is 252 Å². The zero-order valence-corrected chi connectivity index (χ0v) is 24.8. The van der Waals surface area contributed by atoms with Gasteiger partial charge in [-0.25, -0.2) is 4.79 Å². The highest BCUT2D eigenvalue weighted by Crippen LogP contribution is 2.19. The van der Waals surface area contributed by atoms with Crippen LogP contribution in [-0.2, 0) is 32.0 Å². The molecule has 11 nitrogen and oxygen atoms in total. The number of hydrogen-bond donors (Lipinski definition) is 7. The van der Waals surface area contributed by atoms with Crippen LogP contribution in [0.25, 0.3) is 10.9 Å². The number of para-hydroxylation sites is 1. The Morgan fingerprint density at radius 2 is 1.49 bits per heavy atom. The van der Waals surface area contributed by atoms with Crippen LogP contribution in [0.4, 0.5) is 0 Å². The molecule has 0 bridgehead atoms. The number of aromatic amines is 1. The van der Waals surface area contributed by atoms with Crippen LogP contribution in [0, 0.1) is 5.92 Å². The molecule has 0 radical (unpaired) electrons. The van der Waals surface area contributed by atoms with Crippen molar-refractivity contribution in [1.29, 1.82) is 0 Å². The average Bonchev–Trinajstić information content (AvgIpc) is 3.41. The van der Waals surface area contributed by atoms with E-state index >= 15 is 0 Å². The number of aromatic nitrogens is 1. The van der Waals surface area contributed by atoms with Crippen molar-refractivity contribution in [2.24, 2.45) is 17.4 Å². The third-order valence-electron chi connectivity index (χ3n) is 7.73. The van der Waals surface area contributed by atoms with E-state index in [0.717, 1.165) is 28.5 Å². The molecule has 3 aromatic rings. The van der Waals surface area contributed by atoms with Gasteiger partial charge in [0.2, 0.25) is 17.7 Å². The Kier molecular flexibility index (Phi) is 12.7. The van der Waals surface area contributed by atoms with Crippen molar-refractivity contribution in [3.8, 4) is 0 Å². The summed E-state index contributed by atoms with van der Waals surface area (Å²) in [5.41, 5.74) is 14.2. The molecule has 3 amide bonds. The maximum absolute atomic E-state index is 13.8. The lowest BCUT2D eigenvalue weighted by Gasteiger charge is -2.27. The van der Waals surface area contributed by atoms with Gasteiger partial charge in [-0.2, -0.15) is 0 Å². The summed E-state index contributed by atoms with van der Waals surface area (Å²) in [5.74, 6) is -3.17. The number of aliphatic carboxylic acids is 1. The minimum absolute atomic E-state index is 0.123. The number of carbonyl (C=O) groups excluding carboxylic acids is 3. The second-order valence-corrected chi connectivity index (χ2v) is 11.0. The van der Waals surface area contributed by atoms with Crippen molar-refractivity contribution in [2.75, 3.05) is 6.54 Å². The number of amides is 3. The molecule has 0 saturated carbocycles. The van der Waals surface area contributed by atoms with Gasteiger partial charge in [0, 0.05) is 29.9 Å². The lowest BCUT2D eigenvalue weighted by molar-refractivity contribution is -0.143. The van der Waals surface area contributed by atoms with E-state index in [-0.39, 0.29) is 18.8 Å². The predicted molar refractivity (Wildman–Crippen MR) is 166 cm³/mol. The van der Waals surface area contributed by atoms with Crippen LogP contribution >= 0.6 is 0 Å². The number of nitrogens with two attached hydrogens (primary N) is 2. The highest BCUT2D eigenvalue weighted by atomic mass is 16.4. The number of H-pyrrole nitrogens is 1. The zero-order chi connectivity index (χ0) is 31.4. The van der Waals surface area contributed by atoms with E-state index in [1.807, 2.05) is 61.5 Å².